The van der Waals surface area contributed by atoms with Crippen molar-refractivity contribution in [3.63, 3.8) is 0 Å². The molecule has 0 aliphatic rings. The molecule has 2 aromatic rings. The number of carbonyl (C=O) groups excluding carboxylic acids is 2. The van der Waals surface area contributed by atoms with Gasteiger partial charge in [-0.25, -0.2) is 4.79 Å². The maximum Gasteiger partial charge on any atom is 0.433 e. The van der Waals surface area contributed by atoms with Crippen molar-refractivity contribution in [1.82, 2.24) is 0 Å². The van der Waals surface area contributed by atoms with E-state index in [-0.39, 0.29) is 16.5 Å². The summed E-state index contributed by atoms with van der Waals surface area (Å²) in [5.74, 6) is -3.21. The molecule has 12 heteroatoms. The number of anilines is 1. The number of hydrogen-bond acceptors (Lipinski definition) is 7. The predicted octanol–water partition coefficient (Wildman–Crippen LogP) is 3.63. The van der Waals surface area contributed by atoms with Crippen LogP contribution in [0.1, 0.15) is 17.5 Å². The molecule has 0 fully saturated rings. The zero-order valence-corrected chi connectivity index (χ0v) is 14.2. The van der Waals surface area contributed by atoms with Gasteiger partial charge in [0.2, 0.25) is 5.76 Å². The number of rotatable bonds is 7. The van der Waals surface area contributed by atoms with Gasteiger partial charge in [-0.3, -0.25) is 14.9 Å². The fraction of sp³-hybridized carbons (Fsp3) is 0.200. The Balaban J connectivity index is 1.97. The molecule has 144 valence electrons. The number of benzene rings is 1. The quantitative estimate of drug-likeness (QED) is 0.425. The summed E-state index contributed by atoms with van der Waals surface area (Å²) in [6, 6.07) is 5.55. The molecule has 1 atom stereocenters. The van der Waals surface area contributed by atoms with Crippen LogP contribution in [-0.4, -0.2) is 29.5 Å². The predicted molar refractivity (Wildman–Crippen MR) is 87.0 cm³/mol. The lowest BCUT2D eigenvalue weighted by molar-refractivity contribution is -0.402. The second-order valence-electron chi connectivity index (χ2n) is 4.96. The van der Waals surface area contributed by atoms with Crippen LogP contribution in [-0.2, 0) is 9.53 Å². The highest BCUT2D eigenvalue weighted by Gasteiger charge is 2.23. The lowest BCUT2D eigenvalue weighted by Crippen LogP contribution is -2.29. The Morgan fingerprint density at radius 3 is 2.56 bits per heavy atom. The highest BCUT2D eigenvalue weighted by atomic mass is 35.5. The van der Waals surface area contributed by atoms with Gasteiger partial charge in [0.25, 0.3) is 5.91 Å². The average Bonchev–Trinajstić information content (AvgIpc) is 3.07. The van der Waals surface area contributed by atoms with Crippen molar-refractivity contribution < 1.29 is 37.2 Å². The Morgan fingerprint density at radius 1 is 1.30 bits per heavy atom. The van der Waals surface area contributed by atoms with Crippen LogP contribution in [0.4, 0.5) is 20.4 Å². The third-order valence-corrected chi connectivity index (χ3v) is 3.34. The van der Waals surface area contributed by atoms with Gasteiger partial charge in [0, 0.05) is 5.69 Å². The summed E-state index contributed by atoms with van der Waals surface area (Å²) in [6.45, 7) is -1.81. The molecule has 0 radical (unpaired) electrons. The van der Waals surface area contributed by atoms with Crippen molar-refractivity contribution in [3.8, 4) is 5.75 Å². The van der Waals surface area contributed by atoms with Crippen molar-refractivity contribution in [2.75, 3.05) is 5.32 Å². The van der Waals surface area contributed by atoms with Gasteiger partial charge < -0.3 is 19.2 Å². The molecule has 0 spiro atoms. The monoisotopic (exact) mass is 404 g/mol. The van der Waals surface area contributed by atoms with Gasteiger partial charge in [-0.2, -0.15) is 8.78 Å². The fourth-order valence-corrected chi connectivity index (χ4v) is 2.05. The van der Waals surface area contributed by atoms with E-state index in [9.17, 15) is 28.5 Å². The van der Waals surface area contributed by atoms with Gasteiger partial charge >= 0.3 is 18.5 Å². The highest BCUT2D eigenvalue weighted by molar-refractivity contribution is 6.32. The zero-order chi connectivity index (χ0) is 20.1. The molecule has 1 heterocycles. The number of hydrogen-bond donors (Lipinski definition) is 1. The molecular weight excluding hydrogens is 394 g/mol. The second kappa shape index (κ2) is 8.45. The number of carbonyl (C=O) groups is 2. The number of nitro groups is 1. The largest absolute Gasteiger partial charge is 0.447 e. The van der Waals surface area contributed by atoms with Gasteiger partial charge in [-0.05, 0) is 31.2 Å². The summed E-state index contributed by atoms with van der Waals surface area (Å²) in [4.78, 5) is 33.5. The summed E-state index contributed by atoms with van der Waals surface area (Å²) in [5.41, 5.74) is 0.142. The number of alkyl halides is 2. The smallest absolute Gasteiger partial charge is 0.433 e. The SMILES string of the molecule is CC(OC(=O)c1ccc([N+](=O)[O-])o1)C(=O)Nc1ccc(OC(F)F)c(Cl)c1. The Morgan fingerprint density at radius 2 is 2.00 bits per heavy atom. The van der Waals surface area contributed by atoms with Crippen molar-refractivity contribution in [2.45, 2.75) is 19.6 Å². The van der Waals surface area contributed by atoms with E-state index in [1.165, 1.54) is 19.1 Å². The Labute approximate surface area is 154 Å². The van der Waals surface area contributed by atoms with Gasteiger partial charge in [-0.1, -0.05) is 11.6 Å². The number of nitrogens with zero attached hydrogens (tertiary/aromatic N) is 1. The molecule has 1 aromatic carbocycles. The molecule has 2 rings (SSSR count). The maximum atomic E-state index is 12.2. The molecule has 0 bridgehead atoms. The van der Waals surface area contributed by atoms with Crippen LogP contribution in [0.2, 0.25) is 5.02 Å². The van der Waals surface area contributed by atoms with Crippen LogP contribution in [0.5, 0.6) is 5.75 Å². The zero-order valence-electron chi connectivity index (χ0n) is 13.5. The van der Waals surface area contributed by atoms with Gasteiger partial charge in [-0.15, -0.1) is 0 Å². The number of furan rings is 1. The summed E-state index contributed by atoms with van der Waals surface area (Å²) in [6.07, 6.45) is -1.29. The first-order valence-electron chi connectivity index (χ1n) is 7.18. The van der Waals surface area contributed by atoms with Crippen LogP contribution >= 0.6 is 11.6 Å². The summed E-state index contributed by atoms with van der Waals surface area (Å²) >= 11 is 5.77. The number of ether oxygens (including phenoxy) is 2. The van der Waals surface area contributed by atoms with Crippen molar-refractivity contribution >= 4 is 35.0 Å². The minimum Gasteiger partial charge on any atom is -0.447 e. The van der Waals surface area contributed by atoms with Crippen LogP contribution in [0, 0.1) is 10.1 Å². The van der Waals surface area contributed by atoms with Crippen molar-refractivity contribution in [2.24, 2.45) is 0 Å². The molecule has 1 amide bonds. The van der Waals surface area contributed by atoms with E-state index in [1.54, 1.807) is 0 Å². The molecule has 9 nitrogen and oxygen atoms in total. The topological polar surface area (TPSA) is 121 Å². The Bertz CT molecular complexity index is 872. The van der Waals surface area contributed by atoms with E-state index in [0.29, 0.717) is 0 Å². The maximum absolute atomic E-state index is 12.2. The van der Waals surface area contributed by atoms with E-state index in [2.05, 4.69) is 14.5 Å². The van der Waals surface area contributed by atoms with Gasteiger partial charge in [0.15, 0.2) is 6.10 Å². The van der Waals surface area contributed by atoms with E-state index in [4.69, 9.17) is 16.3 Å². The van der Waals surface area contributed by atoms with E-state index in [1.807, 2.05) is 0 Å². The minimum absolute atomic E-state index is 0.142. The molecule has 0 saturated heterocycles. The average molecular weight is 405 g/mol. The third kappa shape index (κ3) is 5.38. The lowest BCUT2D eigenvalue weighted by atomic mass is 10.2. The Kier molecular flexibility index (Phi) is 6.29. The standard InChI is InChI=1S/C15H11ClF2N2O7/c1-7(25-14(22)11-4-5-12(26-11)20(23)24)13(21)19-8-2-3-10(9(16)6-8)27-15(17)18/h2-7,15H,1H3,(H,19,21). The molecular formula is C15H11ClF2N2O7. The lowest BCUT2D eigenvalue weighted by Gasteiger charge is -2.13. The number of halogens is 3. The van der Waals surface area contributed by atoms with Gasteiger partial charge in [0.05, 0.1) is 11.1 Å². The summed E-state index contributed by atoms with van der Waals surface area (Å²) in [7, 11) is 0. The number of esters is 1. The van der Waals surface area contributed by atoms with Crippen LogP contribution in [0.15, 0.2) is 34.7 Å². The number of amides is 1. The van der Waals surface area contributed by atoms with E-state index < -0.39 is 41.2 Å². The van der Waals surface area contributed by atoms with Crippen LogP contribution < -0.4 is 10.1 Å². The first kappa shape index (κ1) is 20.1. The molecule has 0 aliphatic carbocycles. The van der Waals surface area contributed by atoms with Crippen LogP contribution in [0.25, 0.3) is 0 Å². The Hall–Kier alpha value is -3.21. The number of nitrogens with one attached hydrogen (secondary N) is 1. The molecule has 1 aromatic heterocycles. The van der Waals surface area contributed by atoms with Crippen molar-refractivity contribution in [3.05, 3.63) is 51.2 Å². The summed E-state index contributed by atoms with van der Waals surface area (Å²) in [5, 5.41) is 12.7. The molecule has 0 saturated carbocycles. The third-order valence-electron chi connectivity index (χ3n) is 3.04. The second-order valence-corrected chi connectivity index (χ2v) is 5.36. The molecule has 1 unspecified atom stereocenters. The highest BCUT2D eigenvalue weighted by Crippen LogP contribution is 2.29. The minimum atomic E-state index is -3.06. The molecule has 27 heavy (non-hydrogen) atoms. The fourth-order valence-electron chi connectivity index (χ4n) is 1.82. The van der Waals surface area contributed by atoms with Crippen molar-refractivity contribution in [1.29, 1.82) is 0 Å². The molecule has 1 N–H and O–H groups in total. The van der Waals surface area contributed by atoms with E-state index >= 15 is 0 Å². The first-order valence-corrected chi connectivity index (χ1v) is 7.55. The summed E-state index contributed by atoms with van der Waals surface area (Å²) < 4.78 is 38.0. The van der Waals surface area contributed by atoms with E-state index in [0.717, 1.165) is 18.2 Å². The van der Waals surface area contributed by atoms with Crippen LogP contribution in [0.3, 0.4) is 0 Å². The molecule has 0 aliphatic heterocycles. The first-order chi connectivity index (χ1) is 12.7. The normalized spacial score (nSPS) is 11.7. The van der Waals surface area contributed by atoms with Gasteiger partial charge in [0.1, 0.15) is 10.7 Å².